The third-order valence-corrected chi connectivity index (χ3v) is 3.55. The van der Waals surface area contributed by atoms with E-state index in [-0.39, 0.29) is 12.0 Å². The standard InChI is InChI=1S/C10H14Cl3NO3/c1-2-5-3-6(4-7(5)8(15)16)17-9(14)10(11,12)13/h5-7,14H,2-4H2,1H3,(H,15,16). The van der Waals surface area contributed by atoms with Gasteiger partial charge in [-0.3, -0.25) is 10.2 Å². The first-order valence-electron chi connectivity index (χ1n) is 5.30. The lowest BCUT2D eigenvalue weighted by molar-refractivity contribution is -0.143. The van der Waals surface area contributed by atoms with Crippen LogP contribution in [0.3, 0.4) is 0 Å². The minimum Gasteiger partial charge on any atom is -0.481 e. The zero-order valence-electron chi connectivity index (χ0n) is 9.25. The number of halogens is 3. The van der Waals surface area contributed by atoms with Crippen molar-refractivity contribution in [3.05, 3.63) is 0 Å². The van der Waals surface area contributed by atoms with Crippen molar-refractivity contribution >= 4 is 46.7 Å². The molecule has 3 atom stereocenters. The number of alkyl halides is 3. The monoisotopic (exact) mass is 301 g/mol. The molecule has 1 aliphatic carbocycles. The fourth-order valence-electron chi connectivity index (χ4n) is 2.16. The highest BCUT2D eigenvalue weighted by molar-refractivity contribution is 6.76. The normalized spacial score (nSPS) is 29.1. The summed E-state index contributed by atoms with van der Waals surface area (Å²) in [5, 5.41) is 16.5. The van der Waals surface area contributed by atoms with E-state index in [1.807, 2.05) is 6.92 Å². The number of aliphatic carboxylic acids is 1. The number of rotatable bonds is 3. The van der Waals surface area contributed by atoms with Crippen molar-refractivity contribution in [2.75, 3.05) is 0 Å². The zero-order chi connectivity index (χ0) is 13.2. The predicted molar refractivity (Wildman–Crippen MR) is 67.0 cm³/mol. The summed E-state index contributed by atoms with van der Waals surface area (Å²) in [5.74, 6) is -1.66. The fourth-order valence-corrected chi connectivity index (χ4v) is 2.29. The van der Waals surface area contributed by atoms with Crippen molar-refractivity contribution in [3.8, 4) is 0 Å². The second-order valence-electron chi connectivity index (χ2n) is 4.15. The lowest BCUT2D eigenvalue weighted by atomic mass is 9.94. The zero-order valence-corrected chi connectivity index (χ0v) is 11.5. The number of nitrogens with one attached hydrogen (secondary N) is 1. The molecule has 1 rings (SSSR count). The molecule has 3 unspecified atom stereocenters. The van der Waals surface area contributed by atoms with E-state index in [1.165, 1.54) is 0 Å². The largest absolute Gasteiger partial charge is 0.481 e. The van der Waals surface area contributed by atoms with E-state index in [0.29, 0.717) is 12.8 Å². The summed E-state index contributed by atoms with van der Waals surface area (Å²) in [4.78, 5) is 11.0. The number of hydrogen-bond donors (Lipinski definition) is 2. The Morgan fingerprint density at radius 2 is 2.06 bits per heavy atom. The quantitative estimate of drug-likeness (QED) is 0.477. The first kappa shape index (κ1) is 14.9. The number of carboxylic acid groups (broad SMARTS) is 1. The Morgan fingerprint density at radius 3 is 2.41 bits per heavy atom. The third-order valence-electron chi connectivity index (χ3n) is 3.04. The summed E-state index contributed by atoms with van der Waals surface area (Å²) in [6.45, 7) is 1.93. The van der Waals surface area contributed by atoms with Gasteiger partial charge in [0.15, 0.2) is 0 Å². The Bertz CT molecular complexity index is 316. The van der Waals surface area contributed by atoms with E-state index >= 15 is 0 Å². The second-order valence-corrected chi connectivity index (χ2v) is 6.43. The molecule has 0 saturated heterocycles. The van der Waals surface area contributed by atoms with Gasteiger partial charge in [-0.15, -0.1) is 0 Å². The average molecular weight is 303 g/mol. The molecular weight excluding hydrogens is 288 g/mol. The van der Waals surface area contributed by atoms with Gasteiger partial charge in [-0.25, -0.2) is 0 Å². The van der Waals surface area contributed by atoms with Crippen LogP contribution in [0, 0.1) is 17.2 Å². The summed E-state index contributed by atoms with van der Waals surface area (Å²) >= 11 is 16.5. The molecule has 2 N–H and O–H groups in total. The van der Waals surface area contributed by atoms with E-state index in [0.717, 1.165) is 6.42 Å². The van der Waals surface area contributed by atoms with E-state index < -0.39 is 21.6 Å². The topological polar surface area (TPSA) is 70.4 Å². The molecule has 98 valence electrons. The average Bonchev–Trinajstić information content (AvgIpc) is 2.59. The number of hydrogen-bond acceptors (Lipinski definition) is 3. The fraction of sp³-hybridized carbons (Fsp3) is 0.800. The van der Waals surface area contributed by atoms with Crippen molar-refractivity contribution in [3.63, 3.8) is 0 Å². The molecule has 0 heterocycles. The van der Waals surface area contributed by atoms with Crippen molar-refractivity contribution in [1.82, 2.24) is 0 Å². The van der Waals surface area contributed by atoms with Crippen LogP contribution in [0.15, 0.2) is 0 Å². The van der Waals surface area contributed by atoms with Gasteiger partial charge < -0.3 is 9.84 Å². The lowest BCUT2D eigenvalue weighted by Crippen LogP contribution is -2.26. The van der Waals surface area contributed by atoms with Crippen LogP contribution in [0.4, 0.5) is 0 Å². The van der Waals surface area contributed by atoms with Gasteiger partial charge in [0.05, 0.1) is 5.92 Å². The predicted octanol–water partition coefficient (Wildman–Crippen LogP) is 3.24. The van der Waals surface area contributed by atoms with Gasteiger partial charge in [0.25, 0.3) is 3.79 Å². The van der Waals surface area contributed by atoms with Gasteiger partial charge in [-0.2, -0.15) is 0 Å². The van der Waals surface area contributed by atoms with Gasteiger partial charge in [-0.05, 0) is 18.8 Å². The summed E-state index contributed by atoms with van der Waals surface area (Å²) in [5.41, 5.74) is 0. The van der Waals surface area contributed by atoms with Crippen LogP contribution in [0.25, 0.3) is 0 Å². The van der Waals surface area contributed by atoms with E-state index in [1.54, 1.807) is 0 Å². The molecule has 4 nitrogen and oxygen atoms in total. The van der Waals surface area contributed by atoms with Gasteiger partial charge >= 0.3 is 5.97 Å². The van der Waals surface area contributed by atoms with Gasteiger partial charge in [0.1, 0.15) is 6.10 Å². The van der Waals surface area contributed by atoms with Gasteiger partial charge in [-0.1, -0.05) is 48.1 Å². The maximum atomic E-state index is 11.0. The molecule has 1 saturated carbocycles. The second kappa shape index (κ2) is 5.63. The van der Waals surface area contributed by atoms with E-state index in [4.69, 9.17) is 50.1 Å². The third kappa shape index (κ3) is 3.90. The maximum absolute atomic E-state index is 11.0. The molecule has 0 radical (unpaired) electrons. The molecule has 0 aromatic carbocycles. The Morgan fingerprint density at radius 1 is 1.47 bits per heavy atom. The van der Waals surface area contributed by atoms with Crippen LogP contribution in [0.5, 0.6) is 0 Å². The minimum absolute atomic E-state index is 0.0562. The molecule has 0 aromatic heterocycles. The number of carbonyl (C=O) groups is 1. The van der Waals surface area contributed by atoms with Gasteiger partial charge in [0, 0.05) is 0 Å². The van der Waals surface area contributed by atoms with Crippen LogP contribution in [-0.4, -0.2) is 26.9 Å². The molecule has 0 bridgehead atoms. The SMILES string of the molecule is CCC1CC(OC(=N)C(Cl)(Cl)Cl)CC1C(=O)O. The van der Waals surface area contributed by atoms with Crippen LogP contribution in [-0.2, 0) is 9.53 Å². The maximum Gasteiger partial charge on any atom is 0.306 e. The molecule has 7 heteroatoms. The van der Waals surface area contributed by atoms with Gasteiger partial charge in [0.2, 0.25) is 5.90 Å². The minimum atomic E-state index is -1.89. The Hall–Kier alpha value is -0.190. The van der Waals surface area contributed by atoms with Crippen molar-refractivity contribution in [2.45, 2.75) is 36.1 Å². The molecule has 0 aromatic rings. The van der Waals surface area contributed by atoms with E-state index in [9.17, 15) is 4.79 Å². The highest BCUT2D eigenvalue weighted by Gasteiger charge is 2.41. The Labute approximate surface area is 115 Å². The smallest absolute Gasteiger partial charge is 0.306 e. The first-order valence-corrected chi connectivity index (χ1v) is 6.44. The molecular formula is C10H14Cl3NO3. The molecule has 17 heavy (non-hydrogen) atoms. The summed E-state index contributed by atoms with van der Waals surface area (Å²) in [6.07, 6.45) is 1.34. The van der Waals surface area contributed by atoms with Crippen molar-refractivity contribution in [2.24, 2.45) is 11.8 Å². The van der Waals surface area contributed by atoms with Crippen molar-refractivity contribution in [1.29, 1.82) is 5.41 Å². The Balaban J connectivity index is 2.60. The number of carboxylic acids is 1. The number of ether oxygens (including phenoxy) is 1. The van der Waals surface area contributed by atoms with Crippen LogP contribution < -0.4 is 0 Å². The van der Waals surface area contributed by atoms with Crippen molar-refractivity contribution < 1.29 is 14.6 Å². The Kier molecular flexibility index (Phi) is 4.93. The van der Waals surface area contributed by atoms with E-state index in [2.05, 4.69) is 0 Å². The molecule has 0 aliphatic heterocycles. The molecule has 1 aliphatic rings. The molecule has 0 amide bonds. The lowest BCUT2D eigenvalue weighted by Gasteiger charge is -2.18. The van der Waals surface area contributed by atoms with Crippen LogP contribution >= 0.6 is 34.8 Å². The van der Waals surface area contributed by atoms with Crippen LogP contribution in [0.2, 0.25) is 0 Å². The molecule has 1 fully saturated rings. The van der Waals surface area contributed by atoms with Crippen LogP contribution in [0.1, 0.15) is 26.2 Å². The first-order chi connectivity index (χ1) is 7.75. The summed E-state index contributed by atoms with van der Waals surface area (Å²) in [7, 11) is 0. The molecule has 0 spiro atoms. The summed E-state index contributed by atoms with van der Waals surface area (Å²) < 4.78 is 3.33. The summed E-state index contributed by atoms with van der Waals surface area (Å²) in [6, 6.07) is 0. The highest BCUT2D eigenvalue weighted by atomic mass is 35.6. The highest BCUT2D eigenvalue weighted by Crippen LogP contribution is 2.38.